The van der Waals surface area contributed by atoms with Crippen LogP contribution in [0, 0.1) is 23.7 Å². The summed E-state index contributed by atoms with van der Waals surface area (Å²) in [5, 5.41) is 32.2. The van der Waals surface area contributed by atoms with Gasteiger partial charge in [0.15, 0.2) is 0 Å². The predicted molar refractivity (Wildman–Crippen MR) is 118 cm³/mol. The molecule has 3 saturated carbocycles. The number of hydrogen-bond donors (Lipinski definition) is 5. The van der Waals surface area contributed by atoms with Crippen LogP contribution in [-0.2, 0) is 0 Å². The molecule has 4 fully saturated rings. The van der Waals surface area contributed by atoms with E-state index >= 15 is 0 Å². The lowest BCUT2D eigenvalue weighted by Crippen LogP contribution is -2.69. The van der Waals surface area contributed by atoms with E-state index in [0.717, 1.165) is 25.7 Å². The molecule has 8 unspecified atom stereocenters. The van der Waals surface area contributed by atoms with Crippen molar-refractivity contribution in [1.82, 2.24) is 16.0 Å². The normalized spacial score (nSPS) is 47.0. The van der Waals surface area contributed by atoms with Crippen molar-refractivity contribution in [2.45, 2.75) is 127 Å². The number of aliphatic hydroxyl groups excluding tert-OH is 1. The highest BCUT2D eigenvalue weighted by atomic mass is 19.4. The van der Waals surface area contributed by atoms with Crippen molar-refractivity contribution < 1.29 is 23.4 Å². The summed E-state index contributed by atoms with van der Waals surface area (Å²) < 4.78 is 39.9. The summed E-state index contributed by atoms with van der Waals surface area (Å²) in [5.74, 6) is -0.653. The molecule has 1 saturated heterocycles. The van der Waals surface area contributed by atoms with Gasteiger partial charge in [0, 0.05) is 18.0 Å². The summed E-state index contributed by atoms with van der Waals surface area (Å²) in [6.45, 7) is 4.14. The van der Waals surface area contributed by atoms with Crippen LogP contribution in [0.4, 0.5) is 13.2 Å². The molecule has 32 heavy (non-hydrogen) atoms. The predicted octanol–water partition coefficient (Wildman–Crippen LogP) is 3.65. The van der Waals surface area contributed by atoms with E-state index in [-0.39, 0.29) is 55.1 Å². The van der Waals surface area contributed by atoms with E-state index in [2.05, 4.69) is 22.9 Å². The highest BCUT2D eigenvalue weighted by molar-refractivity contribution is 5.02. The largest absolute Gasteiger partial charge is 0.393 e. The summed E-state index contributed by atoms with van der Waals surface area (Å²) in [7, 11) is 0. The van der Waals surface area contributed by atoms with Gasteiger partial charge in [-0.15, -0.1) is 0 Å². The molecule has 4 rings (SSSR count). The lowest BCUT2D eigenvalue weighted by atomic mass is 9.64. The number of alkyl halides is 3. The van der Waals surface area contributed by atoms with Crippen LogP contribution in [0.5, 0.6) is 0 Å². The molecule has 5 N–H and O–H groups in total. The average Bonchev–Trinajstić information content (AvgIpc) is 2.75. The molecule has 1 heterocycles. The summed E-state index contributed by atoms with van der Waals surface area (Å²) in [6, 6.07) is 0.358. The fourth-order valence-electron chi connectivity index (χ4n) is 7.11. The first-order valence-corrected chi connectivity index (χ1v) is 12.8. The van der Waals surface area contributed by atoms with Crippen LogP contribution in [-0.4, -0.2) is 52.5 Å². The average molecular weight is 462 g/mol. The maximum Gasteiger partial charge on any atom is 0.391 e. The standard InChI is InChI=1S/C24H42F3N3O2/c1-14(16-4-3-5-18(12-16)24(25,26)27)28-22-20-13-17(6-7-21(20)29-15(2)30-22)23(32)10-8-19(31)9-11-23/h14-22,28-32H,3-13H2,1-2H3. The van der Waals surface area contributed by atoms with Crippen LogP contribution in [0.2, 0.25) is 0 Å². The number of hydrogen-bond acceptors (Lipinski definition) is 5. The highest BCUT2D eigenvalue weighted by Gasteiger charge is 2.48. The van der Waals surface area contributed by atoms with Crippen LogP contribution in [0.15, 0.2) is 0 Å². The molecular formula is C24H42F3N3O2. The van der Waals surface area contributed by atoms with Gasteiger partial charge in [-0.3, -0.25) is 16.0 Å². The summed E-state index contributed by atoms with van der Waals surface area (Å²) >= 11 is 0. The smallest absolute Gasteiger partial charge is 0.391 e. The van der Waals surface area contributed by atoms with Gasteiger partial charge in [-0.05, 0) is 89.9 Å². The van der Waals surface area contributed by atoms with E-state index in [9.17, 15) is 23.4 Å². The van der Waals surface area contributed by atoms with Crippen molar-refractivity contribution in [3.8, 4) is 0 Å². The van der Waals surface area contributed by atoms with E-state index in [0.29, 0.717) is 38.1 Å². The molecule has 0 amide bonds. The molecule has 4 aliphatic rings. The molecule has 5 nitrogen and oxygen atoms in total. The van der Waals surface area contributed by atoms with E-state index in [4.69, 9.17) is 0 Å². The van der Waals surface area contributed by atoms with Crippen LogP contribution >= 0.6 is 0 Å². The van der Waals surface area contributed by atoms with Gasteiger partial charge in [-0.2, -0.15) is 13.2 Å². The lowest BCUT2D eigenvalue weighted by Gasteiger charge is -2.52. The molecule has 0 aromatic rings. The Bertz CT molecular complexity index is 626. The van der Waals surface area contributed by atoms with Crippen molar-refractivity contribution in [3.63, 3.8) is 0 Å². The molecule has 0 bridgehead atoms. The van der Waals surface area contributed by atoms with E-state index in [1.165, 1.54) is 0 Å². The van der Waals surface area contributed by atoms with Crippen LogP contribution in [0.3, 0.4) is 0 Å². The summed E-state index contributed by atoms with van der Waals surface area (Å²) in [4.78, 5) is 0. The van der Waals surface area contributed by atoms with Gasteiger partial charge in [-0.1, -0.05) is 6.42 Å². The van der Waals surface area contributed by atoms with Crippen molar-refractivity contribution in [1.29, 1.82) is 0 Å². The van der Waals surface area contributed by atoms with E-state index < -0.39 is 17.7 Å². The third-order valence-corrected chi connectivity index (χ3v) is 9.13. The first-order chi connectivity index (χ1) is 15.0. The Labute approximate surface area is 190 Å². The SMILES string of the molecule is CC1NC2CCC(C3(O)CCC(O)CC3)CC2C(NC(C)C2CCCC(C(F)(F)F)C2)N1. The fraction of sp³-hybridized carbons (Fsp3) is 1.00. The third-order valence-electron chi connectivity index (χ3n) is 9.13. The zero-order valence-corrected chi connectivity index (χ0v) is 19.5. The summed E-state index contributed by atoms with van der Waals surface area (Å²) in [6.07, 6.45) is 3.25. The molecule has 0 radical (unpaired) electrons. The van der Waals surface area contributed by atoms with Gasteiger partial charge >= 0.3 is 6.18 Å². The summed E-state index contributed by atoms with van der Waals surface area (Å²) in [5.41, 5.74) is -0.702. The van der Waals surface area contributed by atoms with Crippen molar-refractivity contribution in [2.75, 3.05) is 0 Å². The minimum atomic E-state index is -4.09. The van der Waals surface area contributed by atoms with Gasteiger partial charge < -0.3 is 10.2 Å². The Balaban J connectivity index is 1.41. The quantitative estimate of drug-likeness (QED) is 0.442. The van der Waals surface area contributed by atoms with Gasteiger partial charge in [0.25, 0.3) is 0 Å². The maximum atomic E-state index is 13.3. The second-order valence-corrected chi connectivity index (χ2v) is 11.3. The Morgan fingerprint density at radius 3 is 2.41 bits per heavy atom. The first kappa shape index (κ1) is 24.7. The second kappa shape index (κ2) is 9.68. The third kappa shape index (κ3) is 5.45. The minimum Gasteiger partial charge on any atom is -0.393 e. The van der Waals surface area contributed by atoms with Crippen LogP contribution in [0.1, 0.15) is 84.5 Å². The minimum absolute atomic E-state index is 0.0110. The van der Waals surface area contributed by atoms with E-state index in [1.54, 1.807) is 0 Å². The van der Waals surface area contributed by atoms with Crippen LogP contribution < -0.4 is 16.0 Å². The van der Waals surface area contributed by atoms with Crippen LogP contribution in [0.25, 0.3) is 0 Å². The molecule has 8 atom stereocenters. The van der Waals surface area contributed by atoms with Gasteiger partial charge in [0.05, 0.1) is 30.0 Å². The second-order valence-electron chi connectivity index (χ2n) is 11.3. The van der Waals surface area contributed by atoms with Gasteiger partial charge in [0.1, 0.15) is 0 Å². The van der Waals surface area contributed by atoms with Gasteiger partial charge in [-0.25, -0.2) is 0 Å². The molecule has 0 aromatic carbocycles. The monoisotopic (exact) mass is 461 g/mol. The number of aliphatic hydroxyl groups is 2. The number of nitrogens with one attached hydrogen (secondary N) is 3. The molecule has 186 valence electrons. The fourth-order valence-corrected chi connectivity index (χ4v) is 7.11. The highest BCUT2D eigenvalue weighted by Crippen LogP contribution is 2.45. The first-order valence-electron chi connectivity index (χ1n) is 12.8. The van der Waals surface area contributed by atoms with Gasteiger partial charge in [0.2, 0.25) is 0 Å². The van der Waals surface area contributed by atoms with E-state index in [1.807, 2.05) is 6.92 Å². The van der Waals surface area contributed by atoms with Crippen molar-refractivity contribution >= 4 is 0 Å². The number of rotatable bonds is 4. The molecule has 1 aliphatic heterocycles. The molecule has 0 aromatic heterocycles. The molecule has 0 spiro atoms. The number of fused-ring (bicyclic) bond motifs is 1. The molecule has 3 aliphatic carbocycles. The van der Waals surface area contributed by atoms with Crippen molar-refractivity contribution in [2.24, 2.45) is 23.7 Å². The topological polar surface area (TPSA) is 76.5 Å². The molecular weight excluding hydrogens is 419 g/mol. The Morgan fingerprint density at radius 1 is 1.00 bits per heavy atom. The van der Waals surface area contributed by atoms with Crippen molar-refractivity contribution in [3.05, 3.63) is 0 Å². The maximum absolute atomic E-state index is 13.3. The lowest BCUT2D eigenvalue weighted by molar-refractivity contribution is -0.186. The Morgan fingerprint density at radius 2 is 1.72 bits per heavy atom. The Kier molecular flexibility index (Phi) is 7.48. The molecule has 8 heteroatoms. The zero-order chi connectivity index (χ0) is 23.1. The number of halogens is 3. The Hall–Kier alpha value is -0.410. The zero-order valence-electron chi connectivity index (χ0n) is 19.5.